The van der Waals surface area contributed by atoms with Gasteiger partial charge >= 0.3 is 0 Å². The molecule has 0 fully saturated rings. The van der Waals surface area contributed by atoms with Crippen LogP contribution >= 0.6 is 12.2 Å². The zero-order valence-electron chi connectivity index (χ0n) is 13.5. The van der Waals surface area contributed by atoms with Crippen LogP contribution in [0.2, 0.25) is 0 Å². The molecule has 7 heteroatoms. The predicted octanol–water partition coefficient (Wildman–Crippen LogP) is 2.37. The second-order valence-electron chi connectivity index (χ2n) is 5.52. The van der Waals surface area contributed by atoms with Crippen molar-refractivity contribution in [1.29, 1.82) is 0 Å². The first kappa shape index (κ1) is 17.1. The maximum absolute atomic E-state index is 12.2. The molecule has 0 radical (unpaired) electrons. The van der Waals surface area contributed by atoms with Gasteiger partial charge in [0, 0.05) is 25.5 Å². The highest BCUT2D eigenvalue weighted by Gasteiger charge is 2.12. The number of Topliss-reactive ketones (excluding diaryl/α,β-unsaturated/α-hetero) is 1. The van der Waals surface area contributed by atoms with E-state index in [1.807, 2.05) is 32.0 Å². The summed E-state index contributed by atoms with van der Waals surface area (Å²) < 4.78 is 2.19. The number of hydrogen-bond donors (Lipinski definition) is 2. The van der Waals surface area contributed by atoms with Gasteiger partial charge in [-0.3, -0.25) is 14.7 Å². The molecule has 0 bridgehead atoms. The van der Waals surface area contributed by atoms with Gasteiger partial charge in [0.2, 0.25) is 5.91 Å². The standard InChI is InChI=1S/C16H20N4O2S/c1-10-4-5-11(2)12(8-10)13(21)6-7-15(22)17-9-14-18-19-16(23)20(14)3/h4-5,8H,6-7,9H2,1-3H3,(H,17,22)(H,19,23). The van der Waals surface area contributed by atoms with Crippen molar-refractivity contribution in [1.82, 2.24) is 20.1 Å². The average Bonchev–Trinajstić information content (AvgIpc) is 2.84. The number of amides is 1. The van der Waals surface area contributed by atoms with Gasteiger partial charge in [0.1, 0.15) is 0 Å². The van der Waals surface area contributed by atoms with Crippen LogP contribution in [0, 0.1) is 18.6 Å². The molecular weight excluding hydrogens is 312 g/mol. The Morgan fingerprint density at radius 2 is 2.04 bits per heavy atom. The van der Waals surface area contributed by atoms with Gasteiger partial charge in [-0.15, -0.1) is 0 Å². The summed E-state index contributed by atoms with van der Waals surface area (Å²) >= 11 is 5.00. The third kappa shape index (κ3) is 4.35. The summed E-state index contributed by atoms with van der Waals surface area (Å²) in [6, 6.07) is 5.76. The minimum atomic E-state index is -0.183. The van der Waals surface area contributed by atoms with Crippen molar-refractivity contribution in [2.24, 2.45) is 7.05 Å². The molecule has 0 aliphatic rings. The van der Waals surface area contributed by atoms with Crippen LogP contribution in [0.4, 0.5) is 0 Å². The average molecular weight is 332 g/mol. The van der Waals surface area contributed by atoms with Gasteiger partial charge < -0.3 is 9.88 Å². The van der Waals surface area contributed by atoms with Gasteiger partial charge in [0.15, 0.2) is 16.4 Å². The molecule has 1 amide bonds. The van der Waals surface area contributed by atoms with Gasteiger partial charge in [-0.25, -0.2) is 0 Å². The summed E-state index contributed by atoms with van der Waals surface area (Å²) in [7, 11) is 1.78. The fraction of sp³-hybridized carbons (Fsp3) is 0.375. The SMILES string of the molecule is Cc1ccc(C)c(C(=O)CCC(=O)NCc2n[nH]c(=S)n2C)c1. The first-order chi connectivity index (χ1) is 10.9. The zero-order valence-corrected chi connectivity index (χ0v) is 14.3. The molecule has 1 aromatic heterocycles. The predicted molar refractivity (Wildman–Crippen MR) is 89.7 cm³/mol. The van der Waals surface area contributed by atoms with E-state index in [2.05, 4.69) is 15.5 Å². The maximum Gasteiger partial charge on any atom is 0.220 e. The van der Waals surface area contributed by atoms with Crippen molar-refractivity contribution in [3.05, 3.63) is 45.5 Å². The number of hydrogen-bond acceptors (Lipinski definition) is 4. The lowest BCUT2D eigenvalue weighted by Gasteiger charge is -2.07. The molecule has 2 aromatic rings. The van der Waals surface area contributed by atoms with Crippen LogP contribution in [-0.2, 0) is 18.4 Å². The lowest BCUT2D eigenvalue weighted by molar-refractivity contribution is -0.121. The first-order valence-electron chi connectivity index (χ1n) is 7.36. The number of benzene rings is 1. The van der Waals surface area contributed by atoms with E-state index >= 15 is 0 Å². The number of aryl methyl sites for hydroxylation is 2. The Morgan fingerprint density at radius 3 is 2.70 bits per heavy atom. The van der Waals surface area contributed by atoms with Crippen molar-refractivity contribution in [3.8, 4) is 0 Å². The van der Waals surface area contributed by atoms with Gasteiger partial charge in [0.25, 0.3) is 0 Å². The Labute approximate surface area is 139 Å². The fourth-order valence-corrected chi connectivity index (χ4v) is 2.35. The van der Waals surface area contributed by atoms with Crippen LogP contribution < -0.4 is 5.32 Å². The largest absolute Gasteiger partial charge is 0.349 e. The Hall–Kier alpha value is -2.28. The van der Waals surface area contributed by atoms with E-state index < -0.39 is 0 Å². The molecule has 23 heavy (non-hydrogen) atoms. The molecule has 6 nitrogen and oxygen atoms in total. The maximum atomic E-state index is 12.2. The number of nitrogens with zero attached hydrogens (tertiary/aromatic N) is 2. The van der Waals surface area contributed by atoms with Gasteiger partial charge in [-0.1, -0.05) is 17.7 Å². The molecule has 122 valence electrons. The van der Waals surface area contributed by atoms with Crippen LogP contribution in [0.25, 0.3) is 0 Å². The number of nitrogens with one attached hydrogen (secondary N) is 2. The third-order valence-electron chi connectivity index (χ3n) is 3.69. The summed E-state index contributed by atoms with van der Waals surface area (Å²) in [4.78, 5) is 24.1. The quantitative estimate of drug-likeness (QED) is 0.629. The summed E-state index contributed by atoms with van der Waals surface area (Å²) in [5.74, 6) is 0.446. The normalized spacial score (nSPS) is 10.6. The van der Waals surface area contributed by atoms with Crippen LogP contribution in [-0.4, -0.2) is 26.5 Å². The minimum Gasteiger partial charge on any atom is -0.349 e. The number of ketones is 1. The smallest absolute Gasteiger partial charge is 0.220 e. The number of aromatic nitrogens is 3. The van der Waals surface area contributed by atoms with E-state index in [-0.39, 0.29) is 31.1 Å². The number of H-pyrrole nitrogens is 1. The number of carbonyl (C=O) groups is 2. The van der Waals surface area contributed by atoms with Crippen LogP contribution in [0.15, 0.2) is 18.2 Å². The molecule has 2 rings (SSSR count). The highest BCUT2D eigenvalue weighted by molar-refractivity contribution is 7.71. The number of rotatable bonds is 6. The molecular formula is C16H20N4O2S. The molecule has 0 saturated heterocycles. The Morgan fingerprint density at radius 1 is 1.30 bits per heavy atom. The highest BCUT2D eigenvalue weighted by atomic mass is 32.1. The van der Waals surface area contributed by atoms with Gasteiger partial charge in [-0.2, -0.15) is 5.10 Å². The van der Waals surface area contributed by atoms with E-state index in [4.69, 9.17) is 12.2 Å². The van der Waals surface area contributed by atoms with Crippen LogP contribution in [0.5, 0.6) is 0 Å². The van der Waals surface area contributed by atoms with E-state index in [9.17, 15) is 9.59 Å². The Bertz CT molecular complexity index is 792. The second kappa shape index (κ2) is 7.32. The summed E-state index contributed by atoms with van der Waals surface area (Å²) in [5.41, 5.74) is 2.66. The number of aromatic amines is 1. The molecule has 0 aliphatic heterocycles. The lowest BCUT2D eigenvalue weighted by Crippen LogP contribution is -2.25. The molecule has 1 heterocycles. The molecule has 2 N–H and O–H groups in total. The fourth-order valence-electron chi connectivity index (χ4n) is 2.20. The van der Waals surface area contributed by atoms with Gasteiger partial charge in [0.05, 0.1) is 6.54 Å². The molecule has 0 saturated carbocycles. The summed E-state index contributed by atoms with van der Waals surface area (Å²) in [6.07, 6.45) is 0.343. The Balaban J connectivity index is 1.86. The molecule has 0 spiro atoms. The van der Waals surface area contributed by atoms with Crippen molar-refractivity contribution >= 4 is 23.9 Å². The highest BCUT2D eigenvalue weighted by Crippen LogP contribution is 2.13. The van der Waals surface area contributed by atoms with E-state index in [0.717, 1.165) is 11.1 Å². The number of carbonyl (C=O) groups excluding carboxylic acids is 2. The molecule has 0 unspecified atom stereocenters. The van der Waals surface area contributed by atoms with Crippen molar-refractivity contribution in [3.63, 3.8) is 0 Å². The van der Waals surface area contributed by atoms with Crippen molar-refractivity contribution < 1.29 is 9.59 Å². The monoisotopic (exact) mass is 332 g/mol. The van der Waals surface area contributed by atoms with E-state index in [1.165, 1.54) is 0 Å². The summed E-state index contributed by atoms with van der Waals surface area (Å²) in [6.45, 7) is 4.12. The Kier molecular flexibility index (Phi) is 5.44. The van der Waals surface area contributed by atoms with Crippen molar-refractivity contribution in [2.45, 2.75) is 33.2 Å². The van der Waals surface area contributed by atoms with Crippen LogP contribution in [0.1, 0.15) is 40.2 Å². The second-order valence-corrected chi connectivity index (χ2v) is 5.91. The zero-order chi connectivity index (χ0) is 17.0. The third-order valence-corrected chi connectivity index (χ3v) is 4.05. The van der Waals surface area contributed by atoms with Gasteiger partial charge in [-0.05, 0) is 37.7 Å². The summed E-state index contributed by atoms with van der Waals surface area (Å²) in [5, 5.41) is 9.41. The minimum absolute atomic E-state index is 0.0143. The molecule has 1 aromatic carbocycles. The lowest BCUT2D eigenvalue weighted by atomic mass is 9.99. The van der Waals surface area contributed by atoms with Crippen molar-refractivity contribution in [2.75, 3.05) is 0 Å². The van der Waals surface area contributed by atoms with E-state index in [0.29, 0.717) is 16.2 Å². The first-order valence-corrected chi connectivity index (χ1v) is 7.76. The van der Waals surface area contributed by atoms with Crippen LogP contribution in [0.3, 0.4) is 0 Å². The topological polar surface area (TPSA) is 79.8 Å². The van der Waals surface area contributed by atoms with E-state index in [1.54, 1.807) is 11.6 Å². The molecule has 0 aliphatic carbocycles. The molecule has 0 atom stereocenters.